The van der Waals surface area contributed by atoms with Crippen LogP contribution in [0.1, 0.15) is 34.8 Å². The summed E-state index contributed by atoms with van der Waals surface area (Å²) in [6, 6.07) is 6.46. The molecule has 0 spiro atoms. The maximum Gasteiger partial charge on any atom is 0.254 e. The second-order valence-electron chi connectivity index (χ2n) is 5.19. The minimum Gasteiger partial charge on any atom is -0.333 e. The van der Waals surface area contributed by atoms with Crippen LogP contribution in [0.5, 0.6) is 0 Å². The molecule has 1 amide bonds. The predicted molar refractivity (Wildman–Crippen MR) is 73.9 cm³/mol. The van der Waals surface area contributed by atoms with Crippen molar-refractivity contribution in [3.05, 3.63) is 34.9 Å². The molecule has 0 aromatic heterocycles. The van der Waals surface area contributed by atoms with Crippen LogP contribution in [0.2, 0.25) is 0 Å². The molecule has 3 nitrogen and oxygen atoms in total. The maximum atomic E-state index is 12.6. The van der Waals surface area contributed by atoms with E-state index in [4.69, 9.17) is 0 Å². The summed E-state index contributed by atoms with van der Waals surface area (Å²) in [6.07, 6.45) is 1.01. The summed E-state index contributed by atoms with van der Waals surface area (Å²) in [5.41, 5.74) is 3.14. The van der Waals surface area contributed by atoms with Crippen molar-refractivity contribution in [1.29, 1.82) is 0 Å². The van der Waals surface area contributed by atoms with Crippen LogP contribution in [0.3, 0.4) is 0 Å². The Balaban J connectivity index is 2.21. The van der Waals surface area contributed by atoms with Crippen LogP contribution in [0.15, 0.2) is 18.2 Å². The highest BCUT2D eigenvalue weighted by molar-refractivity contribution is 5.95. The highest BCUT2D eigenvalue weighted by atomic mass is 16.2. The maximum absolute atomic E-state index is 12.6. The van der Waals surface area contributed by atoms with Gasteiger partial charge >= 0.3 is 0 Å². The van der Waals surface area contributed by atoms with Gasteiger partial charge in [-0.2, -0.15) is 0 Å². The van der Waals surface area contributed by atoms with Gasteiger partial charge in [-0.25, -0.2) is 0 Å². The van der Waals surface area contributed by atoms with Gasteiger partial charge in [0.15, 0.2) is 0 Å². The van der Waals surface area contributed by atoms with Crippen LogP contribution in [0.4, 0.5) is 0 Å². The largest absolute Gasteiger partial charge is 0.333 e. The van der Waals surface area contributed by atoms with Gasteiger partial charge in [0, 0.05) is 25.2 Å². The second kappa shape index (κ2) is 5.53. The lowest BCUT2D eigenvalue weighted by Crippen LogP contribution is -2.59. The molecule has 0 radical (unpaired) electrons. The number of hydrogen-bond donors (Lipinski definition) is 1. The number of benzene rings is 1. The second-order valence-corrected chi connectivity index (χ2v) is 5.19. The fraction of sp³-hybridized carbons (Fsp3) is 0.533. The zero-order valence-corrected chi connectivity index (χ0v) is 11.5. The Hall–Kier alpha value is -1.35. The number of carbonyl (C=O) groups excluding carboxylic acids is 1. The first-order valence-electron chi connectivity index (χ1n) is 6.71. The molecule has 0 atom stereocenters. The topological polar surface area (TPSA) is 32.3 Å². The van der Waals surface area contributed by atoms with E-state index in [0.29, 0.717) is 6.04 Å². The quantitative estimate of drug-likeness (QED) is 0.882. The summed E-state index contributed by atoms with van der Waals surface area (Å²) < 4.78 is 0. The van der Waals surface area contributed by atoms with E-state index < -0.39 is 0 Å². The van der Waals surface area contributed by atoms with E-state index in [9.17, 15) is 4.79 Å². The number of nitrogens with zero attached hydrogens (tertiary/aromatic N) is 1. The van der Waals surface area contributed by atoms with E-state index in [1.54, 1.807) is 0 Å². The molecular weight excluding hydrogens is 224 g/mol. The highest BCUT2D eigenvalue weighted by Crippen LogP contribution is 2.15. The lowest BCUT2D eigenvalue weighted by atomic mass is 10.0. The first-order chi connectivity index (χ1) is 8.61. The fourth-order valence-electron chi connectivity index (χ4n) is 2.45. The third-order valence-corrected chi connectivity index (χ3v) is 3.39. The van der Waals surface area contributed by atoms with Crippen LogP contribution in [0.25, 0.3) is 0 Å². The van der Waals surface area contributed by atoms with E-state index in [0.717, 1.165) is 42.7 Å². The zero-order chi connectivity index (χ0) is 13.1. The molecule has 1 heterocycles. The Morgan fingerprint density at radius 2 is 1.89 bits per heavy atom. The highest BCUT2D eigenvalue weighted by Gasteiger charge is 2.28. The van der Waals surface area contributed by atoms with Crippen LogP contribution in [-0.4, -0.2) is 36.5 Å². The molecule has 18 heavy (non-hydrogen) atoms. The number of carbonyl (C=O) groups is 1. The minimum atomic E-state index is 0.176. The van der Waals surface area contributed by atoms with Gasteiger partial charge in [0.05, 0.1) is 6.04 Å². The van der Waals surface area contributed by atoms with Gasteiger partial charge in [-0.15, -0.1) is 0 Å². The van der Waals surface area contributed by atoms with Crippen LogP contribution in [-0.2, 0) is 0 Å². The Kier molecular flexibility index (Phi) is 4.02. The number of amides is 1. The van der Waals surface area contributed by atoms with E-state index in [2.05, 4.69) is 18.3 Å². The van der Waals surface area contributed by atoms with Gasteiger partial charge in [0.2, 0.25) is 0 Å². The van der Waals surface area contributed by atoms with Gasteiger partial charge in [-0.3, -0.25) is 4.79 Å². The third kappa shape index (κ3) is 2.72. The van der Waals surface area contributed by atoms with Gasteiger partial charge in [-0.1, -0.05) is 24.1 Å². The molecule has 0 aliphatic carbocycles. The number of hydrogen-bond acceptors (Lipinski definition) is 2. The molecular formula is C15H22N2O. The summed E-state index contributed by atoms with van der Waals surface area (Å²) >= 11 is 0. The first-order valence-corrected chi connectivity index (χ1v) is 6.71. The summed E-state index contributed by atoms with van der Waals surface area (Å²) in [6.45, 7) is 8.90. The molecule has 1 aliphatic heterocycles. The van der Waals surface area contributed by atoms with Crippen LogP contribution < -0.4 is 5.32 Å². The molecule has 0 saturated carbocycles. The number of rotatable bonds is 4. The molecule has 0 bridgehead atoms. The van der Waals surface area contributed by atoms with E-state index in [1.165, 1.54) is 0 Å². The van der Waals surface area contributed by atoms with Crippen molar-refractivity contribution >= 4 is 5.91 Å². The Morgan fingerprint density at radius 1 is 1.28 bits per heavy atom. The molecule has 2 rings (SSSR count). The Morgan fingerprint density at radius 3 is 2.33 bits per heavy atom. The molecule has 1 aromatic carbocycles. The summed E-state index contributed by atoms with van der Waals surface area (Å²) in [5, 5.41) is 3.24. The summed E-state index contributed by atoms with van der Waals surface area (Å²) in [5.74, 6) is 0.176. The first kappa shape index (κ1) is 13.1. The Bertz CT molecular complexity index is 418. The zero-order valence-electron chi connectivity index (χ0n) is 11.5. The van der Waals surface area contributed by atoms with Crippen molar-refractivity contribution in [1.82, 2.24) is 10.2 Å². The molecule has 3 heteroatoms. The molecule has 1 aliphatic rings. The summed E-state index contributed by atoms with van der Waals surface area (Å²) in [7, 11) is 0. The van der Waals surface area contributed by atoms with Crippen molar-refractivity contribution in [3.63, 3.8) is 0 Å². The standard InChI is InChI=1S/C15H22N2O/c1-4-5-17(14-9-16-10-14)15(18)13-7-11(2)6-12(3)8-13/h6-8,14,16H,4-5,9-10H2,1-3H3. The van der Waals surface area contributed by atoms with E-state index in [-0.39, 0.29) is 5.91 Å². The molecule has 0 unspecified atom stereocenters. The molecule has 1 aromatic rings. The normalized spacial score (nSPS) is 15.3. The van der Waals surface area contributed by atoms with E-state index in [1.807, 2.05) is 30.9 Å². The van der Waals surface area contributed by atoms with Gasteiger partial charge in [0.1, 0.15) is 0 Å². The average molecular weight is 246 g/mol. The van der Waals surface area contributed by atoms with Crippen molar-refractivity contribution in [2.75, 3.05) is 19.6 Å². The molecule has 98 valence electrons. The van der Waals surface area contributed by atoms with Gasteiger partial charge in [0.25, 0.3) is 5.91 Å². The van der Waals surface area contributed by atoms with Crippen LogP contribution >= 0.6 is 0 Å². The van der Waals surface area contributed by atoms with Crippen molar-refractivity contribution in [2.24, 2.45) is 0 Å². The molecule has 1 fully saturated rings. The fourth-order valence-corrected chi connectivity index (χ4v) is 2.45. The lowest BCUT2D eigenvalue weighted by molar-refractivity contribution is 0.0615. The predicted octanol–water partition coefficient (Wildman–Crippen LogP) is 2.13. The number of nitrogens with one attached hydrogen (secondary N) is 1. The van der Waals surface area contributed by atoms with Gasteiger partial charge < -0.3 is 10.2 Å². The monoisotopic (exact) mass is 246 g/mol. The Labute approximate surface area is 109 Å². The lowest BCUT2D eigenvalue weighted by Gasteiger charge is -2.38. The molecule has 1 N–H and O–H groups in total. The summed E-state index contributed by atoms with van der Waals surface area (Å²) in [4.78, 5) is 14.6. The smallest absolute Gasteiger partial charge is 0.254 e. The van der Waals surface area contributed by atoms with Crippen molar-refractivity contribution in [2.45, 2.75) is 33.2 Å². The van der Waals surface area contributed by atoms with Gasteiger partial charge in [-0.05, 0) is 32.4 Å². The van der Waals surface area contributed by atoms with Crippen molar-refractivity contribution in [3.8, 4) is 0 Å². The van der Waals surface area contributed by atoms with Crippen LogP contribution in [0, 0.1) is 13.8 Å². The van der Waals surface area contributed by atoms with Crippen molar-refractivity contribution < 1.29 is 4.79 Å². The third-order valence-electron chi connectivity index (χ3n) is 3.39. The number of aryl methyl sites for hydroxylation is 2. The average Bonchev–Trinajstić information content (AvgIpc) is 2.23. The molecule has 1 saturated heterocycles. The SMILES string of the molecule is CCCN(C(=O)c1cc(C)cc(C)c1)C1CNC1. The van der Waals surface area contributed by atoms with E-state index >= 15 is 0 Å². The minimum absolute atomic E-state index is 0.176.